The van der Waals surface area contributed by atoms with Crippen molar-refractivity contribution in [2.75, 3.05) is 6.61 Å². The summed E-state index contributed by atoms with van der Waals surface area (Å²) in [5.74, 6) is -0.406. The first-order valence-corrected chi connectivity index (χ1v) is 9.32. The maximum atomic E-state index is 11.9. The molecule has 144 valence electrons. The molecule has 0 amide bonds. The zero-order valence-electron chi connectivity index (χ0n) is 16.9. The number of aryl methyl sites for hydroxylation is 1. The number of hydrogen-bond donors (Lipinski definition) is 0. The van der Waals surface area contributed by atoms with Crippen LogP contribution in [0.3, 0.4) is 0 Å². The Kier molecular flexibility index (Phi) is 5.19. The Morgan fingerprint density at radius 3 is 2.30 bits per heavy atom. The van der Waals surface area contributed by atoms with E-state index in [0.29, 0.717) is 18.6 Å². The van der Waals surface area contributed by atoms with Gasteiger partial charge in [0.2, 0.25) is 0 Å². The Morgan fingerprint density at radius 1 is 1.15 bits per heavy atom. The van der Waals surface area contributed by atoms with Gasteiger partial charge in [-0.1, -0.05) is 12.1 Å². The van der Waals surface area contributed by atoms with Crippen LogP contribution in [-0.4, -0.2) is 40.7 Å². The zero-order chi connectivity index (χ0) is 19.8. The molecule has 0 bridgehead atoms. The van der Waals surface area contributed by atoms with Crippen LogP contribution in [0.15, 0.2) is 30.3 Å². The Morgan fingerprint density at radius 2 is 1.74 bits per heavy atom. The average molecular weight is 370 g/mol. The van der Waals surface area contributed by atoms with Crippen molar-refractivity contribution in [2.45, 2.75) is 59.1 Å². The van der Waals surface area contributed by atoms with Gasteiger partial charge in [-0.25, -0.2) is 9.48 Å². The molecule has 1 aromatic heterocycles. The van der Waals surface area contributed by atoms with E-state index in [-0.39, 0.29) is 18.3 Å². The zero-order valence-corrected chi connectivity index (χ0v) is 16.9. The Hall–Kier alpha value is -2.12. The van der Waals surface area contributed by atoms with Crippen molar-refractivity contribution in [3.63, 3.8) is 0 Å². The van der Waals surface area contributed by atoms with Crippen LogP contribution in [0.1, 0.15) is 56.4 Å². The lowest BCUT2D eigenvalue weighted by atomic mass is 9.81. The Bertz CT molecular complexity index is 811. The number of aromatic nitrogens is 2. The average Bonchev–Trinajstić information content (AvgIpc) is 3.05. The molecule has 2 aromatic rings. The van der Waals surface area contributed by atoms with Crippen LogP contribution in [-0.2, 0) is 20.4 Å². The number of esters is 1. The second kappa shape index (κ2) is 7.13. The Balaban J connectivity index is 1.72. The van der Waals surface area contributed by atoms with Gasteiger partial charge >= 0.3 is 13.1 Å². The predicted molar refractivity (Wildman–Crippen MR) is 104 cm³/mol. The molecule has 1 aliphatic heterocycles. The van der Waals surface area contributed by atoms with Crippen molar-refractivity contribution in [3.8, 4) is 5.69 Å². The molecule has 1 aromatic carbocycles. The SMILES string of the molecule is CCOC(=O)c1cc(C)n(-c2ccc(CB3OC(C)(C)C(C)(C)O3)cc2)n1. The number of hydrogen-bond acceptors (Lipinski definition) is 5. The largest absolute Gasteiger partial charge is 0.462 e. The fourth-order valence-corrected chi connectivity index (χ4v) is 3.05. The summed E-state index contributed by atoms with van der Waals surface area (Å²) in [7, 11) is -0.261. The molecule has 27 heavy (non-hydrogen) atoms. The Labute approximate surface area is 160 Å². The van der Waals surface area contributed by atoms with Crippen LogP contribution >= 0.6 is 0 Å². The van der Waals surface area contributed by atoms with Gasteiger partial charge in [0.05, 0.1) is 23.5 Å². The van der Waals surface area contributed by atoms with E-state index in [0.717, 1.165) is 16.9 Å². The minimum atomic E-state index is -0.406. The summed E-state index contributed by atoms with van der Waals surface area (Å²) in [5, 5.41) is 4.36. The van der Waals surface area contributed by atoms with Crippen molar-refractivity contribution < 1.29 is 18.8 Å². The van der Waals surface area contributed by atoms with Crippen LogP contribution in [0.25, 0.3) is 5.69 Å². The molecule has 7 heteroatoms. The highest BCUT2D eigenvalue weighted by molar-refractivity contribution is 6.45. The van der Waals surface area contributed by atoms with E-state index in [1.807, 2.05) is 31.2 Å². The molecule has 0 N–H and O–H groups in total. The fourth-order valence-electron chi connectivity index (χ4n) is 3.05. The van der Waals surface area contributed by atoms with Gasteiger partial charge in [-0.3, -0.25) is 0 Å². The summed E-state index contributed by atoms with van der Waals surface area (Å²) >= 11 is 0. The van der Waals surface area contributed by atoms with Crippen molar-refractivity contribution in [1.29, 1.82) is 0 Å². The molecule has 0 aliphatic carbocycles. The molecule has 0 saturated carbocycles. The minimum absolute atomic E-state index is 0.261. The molecular weight excluding hydrogens is 343 g/mol. The van der Waals surface area contributed by atoms with E-state index < -0.39 is 5.97 Å². The van der Waals surface area contributed by atoms with E-state index >= 15 is 0 Å². The van der Waals surface area contributed by atoms with Crippen LogP contribution in [0.4, 0.5) is 0 Å². The third kappa shape index (κ3) is 3.94. The van der Waals surface area contributed by atoms with Gasteiger partial charge in [0.1, 0.15) is 0 Å². The lowest BCUT2D eigenvalue weighted by Gasteiger charge is -2.32. The van der Waals surface area contributed by atoms with Crippen molar-refractivity contribution in [1.82, 2.24) is 9.78 Å². The number of rotatable bonds is 5. The summed E-state index contributed by atoms with van der Waals surface area (Å²) in [4.78, 5) is 11.9. The molecule has 0 spiro atoms. The first kappa shape index (κ1) is 19.6. The monoisotopic (exact) mass is 370 g/mol. The summed E-state index contributed by atoms with van der Waals surface area (Å²) in [6.07, 6.45) is 0.680. The van der Waals surface area contributed by atoms with E-state index in [1.165, 1.54) is 0 Å². The third-order valence-corrected chi connectivity index (χ3v) is 5.26. The van der Waals surface area contributed by atoms with E-state index in [9.17, 15) is 4.79 Å². The lowest BCUT2D eigenvalue weighted by Crippen LogP contribution is -2.41. The molecule has 6 nitrogen and oxygen atoms in total. The third-order valence-electron chi connectivity index (χ3n) is 5.26. The first-order valence-electron chi connectivity index (χ1n) is 9.32. The van der Waals surface area contributed by atoms with Crippen molar-refractivity contribution >= 4 is 13.1 Å². The maximum absolute atomic E-state index is 11.9. The summed E-state index contributed by atoms with van der Waals surface area (Å²) in [5.41, 5.74) is 2.54. The highest BCUT2D eigenvalue weighted by Gasteiger charge is 2.50. The predicted octanol–water partition coefficient (Wildman–Crippen LogP) is 3.53. The molecule has 0 radical (unpaired) electrons. The summed E-state index contributed by atoms with van der Waals surface area (Å²) in [6, 6.07) is 9.76. The topological polar surface area (TPSA) is 62.6 Å². The van der Waals surface area contributed by atoms with Crippen LogP contribution < -0.4 is 0 Å². The summed E-state index contributed by atoms with van der Waals surface area (Å²) in [6.45, 7) is 12.2. The van der Waals surface area contributed by atoms with Gasteiger partial charge in [-0.05, 0) is 65.3 Å². The second-order valence-electron chi connectivity index (χ2n) is 7.86. The van der Waals surface area contributed by atoms with Crippen molar-refractivity contribution in [2.24, 2.45) is 0 Å². The highest BCUT2D eigenvalue weighted by Crippen LogP contribution is 2.37. The van der Waals surface area contributed by atoms with E-state index in [2.05, 4.69) is 32.8 Å². The quantitative estimate of drug-likeness (QED) is 0.595. The second-order valence-corrected chi connectivity index (χ2v) is 7.86. The van der Waals surface area contributed by atoms with Crippen molar-refractivity contribution in [3.05, 3.63) is 47.3 Å². The molecule has 1 fully saturated rings. The minimum Gasteiger partial charge on any atom is -0.461 e. The van der Waals surface area contributed by atoms with Crippen LogP contribution in [0, 0.1) is 6.92 Å². The standard InChI is InChI=1S/C20H27BN2O4/c1-7-25-18(24)17-12-14(2)23(22-17)16-10-8-15(9-11-16)13-21-26-19(3,4)20(5,6)27-21/h8-12H,7,13H2,1-6H3. The van der Waals surface area contributed by atoms with Gasteiger partial charge in [0.25, 0.3) is 0 Å². The first-order chi connectivity index (χ1) is 12.6. The number of carbonyl (C=O) groups is 1. The smallest absolute Gasteiger partial charge is 0.461 e. The molecule has 0 unspecified atom stereocenters. The normalized spacial score (nSPS) is 17.9. The fraction of sp³-hybridized carbons (Fsp3) is 0.500. The maximum Gasteiger partial charge on any atom is 0.462 e. The molecule has 0 atom stereocenters. The van der Waals surface area contributed by atoms with Gasteiger partial charge in [0, 0.05) is 12.0 Å². The number of ether oxygens (including phenoxy) is 1. The van der Waals surface area contributed by atoms with Gasteiger partial charge in [-0.2, -0.15) is 5.10 Å². The molecule has 1 saturated heterocycles. The lowest BCUT2D eigenvalue weighted by molar-refractivity contribution is 0.00578. The number of carbonyl (C=O) groups excluding carboxylic acids is 1. The highest BCUT2D eigenvalue weighted by atomic mass is 16.7. The van der Waals surface area contributed by atoms with Crippen LogP contribution in [0.5, 0.6) is 0 Å². The molecular formula is C20H27BN2O4. The van der Waals surface area contributed by atoms with Gasteiger partial charge in [0.15, 0.2) is 5.69 Å². The van der Waals surface area contributed by atoms with E-state index in [4.69, 9.17) is 14.0 Å². The van der Waals surface area contributed by atoms with Gasteiger partial charge < -0.3 is 14.0 Å². The molecule has 1 aliphatic rings. The number of benzene rings is 1. The molecule has 2 heterocycles. The van der Waals surface area contributed by atoms with Crippen LogP contribution in [0.2, 0.25) is 0 Å². The number of nitrogens with zero attached hydrogens (tertiary/aromatic N) is 2. The van der Waals surface area contributed by atoms with E-state index in [1.54, 1.807) is 17.7 Å². The summed E-state index contributed by atoms with van der Waals surface area (Å²) < 4.78 is 18.9. The molecule has 3 rings (SSSR count). The van der Waals surface area contributed by atoms with Gasteiger partial charge in [-0.15, -0.1) is 0 Å².